The SMILES string of the molecule is OCCN1CCC(OCc2ccccc2)C1. The van der Waals surface area contributed by atoms with E-state index >= 15 is 0 Å². The van der Waals surface area contributed by atoms with Gasteiger partial charge in [0.05, 0.1) is 19.3 Å². The molecule has 1 aromatic rings. The van der Waals surface area contributed by atoms with Crippen LogP contribution in [0.15, 0.2) is 30.3 Å². The third kappa shape index (κ3) is 3.30. The minimum Gasteiger partial charge on any atom is -0.395 e. The normalized spacial score (nSPS) is 21.4. The molecule has 1 aliphatic rings. The summed E-state index contributed by atoms with van der Waals surface area (Å²) in [5, 5.41) is 8.84. The van der Waals surface area contributed by atoms with E-state index in [0.717, 1.165) is 26.1 Å². The van der Waals surface area contributed by atoms with E-state index in [9.17, 15) is 0 Å². The molecule has 0 radical (unpaired) electrons. The first-order valence-electron chi connectivity index (χ1n) is 5.87. The lowest BCUT2D eigenvalue weighted by atomic mass is 10.2. The van der Waals surface area contributed by atoms with Gasteiger partial charge in [-0.15, -0.1) is 0 Å². The molecule has 1 aromatic carbocycles. The zero-order chi connectivity index (χ0) is 11.2. The standard InChI is InChI=1S/C13H19NO2/c15-9-8-14-7-6-13(10-14)16-11-12-4-2-1-3-5-12/h1-5,13,15H,6-11H2. The summed E-state index contributed by atoms with van der Waals surface area (Å²) >= 11 is 0. The van der Waals surface area contributed by atoms with E-state index in [1.807, 2.05) is 18.2 Å². The summed E-state index contributed by atoms with van der Waals surface area (Å²) in [5.41, 5.74) is 1.23. The number of aliphatic hydroxyl groups excluding tert-OH is 1. The first-order valence-corrected chi connectivity index (χ1v) is 5.87. The molecule has 0 bridgehead atoms. The van der Waals surface area contributed by atoms with Gasteiger partial charge in [0.15, 0.2) is 0 Å². The summed E-state index contributed by atoms with van der Waals surface area (Å²) in [4.78, 5) is 2.25. The van der Waals surface area contributed by atoms with Crippen LogP contribution in [0.2, 0.25) is 0 Å². The Hall–Kier alpha value is -0.900. The third-order valence-corrected chi connectivity index (χ3v) is 2.97. The molecule has 1 atom stereocenters. The Kier molecular flexibility index (Phi) is 4.34. The fraction of sp³-hybridized carbons (Fsp3) is 0.538. The summed E-state index contributed by atoms with van der Waals surface area (Å²) in [5.74, 6) is 0. The lowest BCUT2D eigenvalue weighted by Gasteiger charge is -2.14. The molecular formula is C13H19NO2. The summed E-state index contributed by atoms with van der Waals surface area (Å²) < 4.78 is 5.84. The number of likely N-dealkylation sites (tertiary alicyclic amines) is 1. The molecule has 1 aliphatic heterocycles. The van der Waals surface area contributed by atoms with Crippen molar-refractivity contribution in [3.63, 3.8) is 0 Å². The first-order chi connectivity index (χ1) is 7.88. The summed E-state index contributed by atoms with van der Waals surface area (Å²) in [6.07, 6.45) is 1.40. The average Bonchev–Trinajstić information content (AvgIpc) is 2.76. The van der Waals surface area contributed by atoms with E-state index in [-0.39, 0.29) is 6.61 Å². The van der Waals surface area contributed by atoms with Crippen LogP contribution in [0, 0.1) is 0 Å². The number of nitrogens with zero attached hydrogens (tertiary/aromatic N) is 1. The van der Waals surface area contributed by atoms with Crippen molar-refractivity contribution in [2.45, 2.75) is 19.1 Å². The zero-order valence-corrected chi connectivity index (χ0v) is 9.51. The number of hydrogen-bond acceptors (Lipinski definition) is 3. The average molecular weight is 221 g/mol. The number of benzene rings is 1. The maximum absolute atomic E-state index is 8.84. The van der Waals surface area contributed by atoms with Crippen LogP contribution in [-0.2, 0) is 11.3 Å². The fourth-order valence-corrected chi connectivity index (χ4v) is 2.07. The van der Waals surface area contributed by atoms with Crippen LogP contribution in [0.5, 0.6) is 0 Å². The van der Waals surface area contributed by atoms with Crippen LogP contribution >= 0.6 is 0 Å². The molecule has 2 rings (SSSR count). The number of β-amino-alcohol motifs (C(OH)–C–C–N with tert-alkyl or cyclic N) is 1. The van der Waals surface area contributed by atoms with Gasteiger partial charge in [0.1, 0.15) is 0 Å². The monoisotopic (exact) mass is 221 g/mol. The Morgan fingerprint density at radius 1 is 1.31 bits per heavy atom. The Balaban J connectivity index is 1.72. The van der Waals surface area contributed by atoms with Crippen molar-refractivity contribution < 1.29 is 9.84 Å². The van der Waals surface area contributed by atoms with Crippen molar-refractivity contribution >= 4 is 0 Å². The zero-order valence-electron chi connectivity index (χ0n) is 9.51. The molecule has 0 aliphatic carbocycles. The number of ether oxygens (including phenoxy) is 1. The highest BCUT2D eigenvalue weighted by Crippen LogP contribution is 2.14. The molecule has 1 saturated heterocycles. The van der Waals surface area contributed by atoms with E-state index in [2.05, 4.69) is 17.0 Å². The first kappa shape index (κ1) is 11.6. The highest BCUT2D eigenvalue weighted by atomic mass is 16.5. The van der Waals surface area contributed by atoms with E-state index in [4.69, 9.17) is 9.84 Å². The summed E-state index contributed by atoms with van der Waals surface area (Å²) in [6, 6.07) is 10.2. The lowest BCUT2D eigenvalue weighted by Crippen LogP contribution is -2.26. The molecule has 3 nitrogen and oxygen atoms in total. The van der Waals surface area contributed by atoms with Crippen LogP contribution in [0.4, 0.5) is 0 Å². The van der Waals surface area contributed by atoms with Gasteiger partial charge in [0, 0.05) is 19.6 Å². The van der Waals surface area contributed by atoms with Crippen molar-refractivity contribution in [2.75, 3.05) is 26.2 Å². The second kappa shape index (κ2) is 5.99. The molecule has 0 aromatic heterocycles. The van der Waals surface area contributed by atoms with Gasteiger partial charge < -0.3 is 9.84 Å². The highest BCUT2D eigenvalue weighted by Gasteiger charge is 2.22. The Bertz CT molecular complexity index is 302. The Morgan fingerprint density at radius 3 is 2.88 bits per heavy atom. The predicted molar refractivity (Wildman–Crippen MR) is 63.2 cm³/mol. The second-order valence-corrected chi connectivity index (χ2v) is 4.23. The second-order valence-electron chi connectivity index (χ2n) is 4.23. The summed E-state index contributed by atoms with van der Waals surface area (Å²) in [7, 11) is 0. The Labute approximate surface area is 96.6 Å². The van der Waals surface area contributed by atoms with Gasteiger partial charge in [-0.25, -0.2) is 0 Å². The van der Waals surface area contributed by atoms with Crippen LogP contribution in [-0.4, -0.2) is 42.4 Å². The largest absolute Gasteiger partial charge is 0.395 e. The molecule has 88 valence electrons. The maximum atomic E-state index is 8.84. The fourth-order valence-electron chi connectivity index (χ4n) is 2.07. The minimum atomic E-state index is 0.241. The number of hydrogen-bond donors (Lipinski definition) is 1. The predicted octanol–water partition coefficient (Wildman–Crippen LogP) is 1.27. The van der Waals surface area contributed by atoms with Gasteiger partial charge >= 0.3 is 0 Å². The molecule has 1 N–H and O–H groups in total. The molecule has 1 unspecified atom stereocenters. The molecule has 3 heteroatoms. The van der Waals surface area contributed by atoms with Crippen LogP contribution in [0.3, 0.4) is 0 Å². The van der Waals surface area contributed by atoms with Gasteiger partial charge in [0.25, 0.3) is 0 Å². The smallest absolute Gasteiger partial charge is 0.0721 e. The van der Waals surface area contributed by atoms with E-state index in [1.54, 1.807) is 0 Å². The molecule has 0 spiro atoms. The Morgan fingerprint density at radius 2 is 2.12 bits per heavy atom. The van der Waals surface area contributed by atoms with Gasteiger partial charge in [-0.2, -0.15) is 0 Å². The van der Waals surface area contributed by atoms with Gasteiger partial charge in [-0.3, -0.25) is 4.90 Å². The lowest BCUT2D eigenvalue weighted by molar-refractivity contribution is 0.0455. The van der Waals surface area contributed by atoms with Crippen LogP contribution in [0.1, 0.15) is 12.0 Å². The van der Waals surface area contributed by atoms with Gasteiger partial charge in [-0.1, -0.05) is 30.3 Å². The van der Waals surface area contributed by atoms with E-state index < -0.39 is 0 Å². The van der Waals surface area contributed by atoms with Crippen molar-refractivity contribution in [1.82, 2.24) is 4.90 Å². The van der Waals surface area contributed by atoms with Crippen LogP contribution in [0.25, 0.3) is 0 Å². The number of rotatable bonds is 5. The molecule has 1 heterocycles. The molecule has 0 saturated carbocycles. The highest BCUT2D eigenvalue weighted by molar-refractivity contribution is 5.13. The van der Waals surface area contributed by atoms with Crippen LogP contribution < -0.4 is 0 Å². The maximum Gasteiger partial charge on any atom is 0.0721 e. The molecule has 16 heavy (non-hydrogen) atoms. The van der Waals surface area contributed by atoms with E-state index in [1.165, 1.54) is 5.56 Å². The topological polar surface area (TPSA) is 32.7 Å². The summed E-state index contributed by atoms with van der Waals surface area (Å²) in [6.45, 7) is 3.70. The van der Waals surface area contributed by atoms with Gasteiger partial charge in [0.2, 0.25) is 0 Å². The van der Waals surface area contributed by atoms with Crippen molar-refractivity contribution in [1.29, 1.82) is 0 Å². The van der Waals surface area contributed by atoms with Gasteiger partial charge in [-0.05, 0) is 12.0 Å². The third-order valence-electron chi connectivity index (χ3n) is 2.97. The molecule has 0 amide bonds. The quantitative estimate of drug-likeness (QED) is 0.812. The molecular weight excluding hydrogens is 202 g/mol. The van der Waals surface area contributed by atoms with Crippen molar-refractivity contribution in [3.05, 3.63) is 35.9 Å². The van der Waals surface area contributed by atoms with E-state index in [0.29, 0.717) is 12.7 Å². The minimum absolute atomic E-state index is 0.241. The van der Waals surface area contributed by atoms with Crippen molar-refractivity contribution in [3.8, 4) is 0 Å². The van der Waals surface area contributed by atoms with Crippen molar-refractivity contribution in [2.24, 2.45) is 0 Å². The molecule has 1 fully saturated rings. The number of aliphatic hydroxyl groups is 1.